The molecule has 0 spiro atoms. The van der Waals surface area contributed by atoms with Crippen molar-refractivity contribution in [2.75, 3.05) is 13.4 Å². The number of hydrogen-bond donors (Lipinski definition) is 1. The number of nitrogens with two attached hydrogens (primary N) is 1. The smallest absolute Gasteiger partial charge is 0.119 e. The van der Waals surface area contributed by atoms with E-state index in [1.54, 1.807) is 13.4 Å². The fourth-order valence-corrected chi connectivity index (χ4v) is 3.04. The highest BCUT2D eigenvalue weighted by Gasteiger charge is 2.32. The molecular weight excluding hydrogens is 210 g/mol. The zero-order chi connectivity index (χ0) is 11.0. The van der Waals surface area contributed by atoms with Crippen LogP contribution in [0.3, 0.4) is 0 Å². The molecule has 1 aliphatic rings. The summed E-state index contributed by atoms with van der Waals surface area (Å²) < 4.78 is 16.6. The van der Waals surface area contributed by atoms with Gasteiger partial charge in [-0.2, -0.15) is 0 Å². The third kappa shape index (κ3) is 1.79. The van der Waals surface area contributed by atoms with Crippen molar-refractivity contribution in [1.29, 1.82) is 0 Å². The second-order valence-corrected chi connectivity index (χ2v) is 5.43. The Labute approximate surface area is 92.1 Å². The van der Waals surface area contributed by atoms with Crippen LogP contribution in [0.2, 0.25) is 0 Å². The number of ether oxygens (including phenoxy) is 1. The maximum Gasteiger partial charge on any atom is 0.119 e. The van der Waals surface area contributed by atoms with Crippen molar-refractivity contribution in [3.05, 3.63) is 29.3 Å². The summed E-state index contributed by atoms with van der Waals surface area (Å²) in [6, 6.07) is 5.77. The van der Waals surface area contributed by atoms with Gasteiger partial charge in [0.25, 0.3) is 0 Å². The van der Waals surface area contributed by atoms with E-state index >= 15 is 0 Å². The van der Waals surface area contributed by atoms with Crippen molar-refractivity contribution in [2.24, 2.45) is 5.73 Å². The Kier molecular flexibility index (Phi) is 2.80. The molecule has 0 heterocycles. The fraction of sp³-hybridized carbons (Fsp3) is 0.455. The second-order valence-electron chi connectivity index (χ2n) is 3.83. The summed E-state index contributed by atoms with van der Waals surface area (Å²) in [5.74, 6) is 0.812. The van der Waals surface area contributed by atoms with E-state index in [-0.39, 0.29) is 11.3 Å². The Bertz CT molecular complexity index is 406. The van der Waals surface area contributed by atoms with E-state index in [0.717, 1.165) is 17.7 Å². The fourth-order valence-electron chi connectivity index (χ4n) is 2.06. The lowest BCUT2D eigenvalue weighted by molar-refractivity contribution is 0.414. The first-order valence-electron chi connectivity index (χ1n) is 4.88. The van der Waals surface area contributed by atoms with Gasteiger partial charge in [0.05, 0.1) is 12.4 Å². The minimum atomic E-state index is -0.872. The molecule has 15 heavy (non-hydrogen) atoms. The molecule has 0 saturated carbocycles. The van der Waals surface area contributed by atoms with Crippen LogP contribution in [0.1, 0.15) is 17.2 Å². The van der Waals surface area contributed by atoms with Gasteiger partial charge in [0.2, 0.25) is 0 Å². The third-order valence-corrected chi connectivity index (χ3v) is 4.27. The number of benzene rings is 1. The minimum absolute atomic E-state index is 0.0482. The van der Waals surface area contributed by atoms with Crippen LogP contribution in [0.4, 0.5) is 0 Å². The number of hydrogen-bond acceptors (Lipinski definition) is 3. The van der Waals surface area contributed by atoms with Crippen molar-refractivity contribution in [1.82, 2.24) is 0 Å². The molecule has 0 aromatic heterocycles. The van der Waals surface area contributed by atoms with Gasteiger partial charge in [-0.3, -0.25) is 4.21 Å². The van der Waals surface area contributed by atoms with Gasteiger partial charge in [-0.25, -0.2) is 0 Å². The maximum atomic E-state index is 11.5. The Balaban J connectivity index is 2.37. The Morgan fingerprint density at radius 2 is 2.27 bits per heavy atom. The molecule has 1 aromatic carbocycles. The topological polar surface area (TPSA) is 52.3 Å². The van der Waals surface area contributed by atoms with Crippen LogP contribution in [-0.4, -0.2) is 22.8 Å². The molecule has 0 aliphatic heterocycles. The highest BCUT2D eigenvalue weighted by atomic mass is 32.2. The third-order valence-electron chi connectivity index (χ3n) is 2.96. The summed E-state index contributed by atoms with van der Waals surface area (Å²) in [6.45, 7) is 0. The highest BCUT2D eigenvalue weighted by molar-refractivity contribution is 7.85. The molecule has 2 rings (SSSR count). The van der Waals surface area contributed by atoms with Gasteiger partial charge in [-0.1, -0.05) is 6.07 Å². The first-order valence-corrected chi connectivity index (χ1v) is 6.50. The van der Waals surface area contributed by atoms with E-state index < -0.39 is 10.8 Å². The van der Waals surface area contributed by atoms with E-state index in [4.69, 9.17) is 10.5 Å². The number of fused-ring (bicyclic) bond motifs is 1. The van der Waals surface area contributed by atoms with Crippen molar-refractivity contribution >= 4 is 10.8 Å². The Hall–Kier alpha value is -0.870. The van der Waals surface area contributed by atoms with Gasteiger partial charge in [0.15, 0.2) is 0 Å². The summed E-state index contributed by atoms with van der Waals surface area (Å²) in [6.07, 6.45) is 2.53. The molecule has 1 aliphatic carbocycles. The first kappa shape index (κ1) is 10.6. The SMILES string of the molecule is COc1ccc2c(c1)C(N)C(S(C)=O)C2. The predicted molar refractivity (Wildman–Crippen MR) is 61.5 cm³/mol. The summed E-state index contributed by atoms with van der Waals surface area (Å²) in [5.41, 5.74) is 8.34. The minimum Gasteiger partial charge on any atom is -0.497 e. The van der Waals surface area contributed by atoms with Crippen molar-refractivity contribution in [2.45, 2.75) is 17.7 Å². The average molecular weight is 225 g/mol. The van der Waals surface area contributed by atoms with Crippen LogP contribution in [0.5, 0.6) is 5.75 Å². The molecule has 0 saturated heterocycles. The lowest BCUT2D eigenvalue weighted by Crippen LogP contribution is -2.25. The molecule has 0 bridgehead atoms. The Morgan fingerprint density at radius 3 is 2.87 bits per heavy atom. The van der Waals surface area contributed by atoms with Crippen molar-refractivity contribution in [3.8, 4) is 5.75 Å². The highest BCUT2D eigenvalue weighted by Crippen LogP contribution is 2.34. The van der Waals surface area contributed by atoms with Gasteiger partial charge in [-0.05, 0) is 29.7 Å². The molecule has 4 heteroatoms. The molecule has 82 valence electrons. The molecule has 0 amide bonds. The number of methoxy groups -OCH3 is 1. The normalized spacial score (nSPS) is 26.1. The molecule has 3 unspecified atom stereocenters. The molecule has 3 atom stereocenters. The second kappa shape index (κ2) is 3.94. The quantitative estimate of drug-likeness (QED) is 0.817. The summed E-state index contributed by atoms with van der Waals surface area (Å²) >= 11 is 0. The zero-order valence-electron chi connectivity index (χ0n) is 8.90. The van der Waals surface area contributed by atoms with Crippen molar-refractivity contribution in [3.63, 3.8) is 0 Å². The first-order chi connectivity index (χ1) is 7.13. The lowest BCUT2D eigenvalue weighted by atomic mass is 10.1. The summed E-state index contributed by atoms with van der Waals surface area (Å²) in [5, 5.41) is 0.0482. The maximum absolute atomic E-state index is 11.5. The number of rotatable bonds is 2. The van der Waals surface area contributed by atoms with E-state index in [9.17, 15) is 4.21 Å². The van der Waals surface area contributed by atoms with E-state index in [1.807, 2.05) is 18.2 Å². The van der Waals surface area contributed by atoms with Crippen LogP contribution in [0.25, 0.3) is 0 Å². The Morgan fingerprint density at radius 1 is 1.53 bits per heavy atom. The molecule has 3 nitrogen and oxygen atoms in total. The summed E-state index contributed by atoms with van der Waals surface area (Å²) in [7, 11) is 0.765. The average Bonchev–Trinajstić information content (AvgIpc) is 2.56. The van der Waals surface area contributed by atoms with E-state index in [2.05, 4.69) is 0 Å². The van der Waals surface area contributed by atoms with Crippen molar-refractivity contribution < 1.29 is 8.95 Å². The zero-order valence-corrected chi connectivity index (χ0v) is 9.71. The van der Waals surface area contributed by atoms with Crippen LogP contribution in [-0.2, 0) is 17.2 Å². The molecule has 0 fully saturated rings. The summed E-state index contributed by atoms with van der Waals surface area (Å²) in [4.78, 5) is 0. The largest absolute Gasteiger partial charge is 0.497 e. The van der Waals surface area contributed by atoms with Gasteiger partial charge in [0.1, 0.15) is 5.75 Å². The van der Waals surface area contributed by atoms with Gasteiger partial charge in [-0.15, -0.1) is 0 Å². The van der Waals surface area contributed by atoms with Crippen LogP contribution in [0.15, 0.2) is 18.2 Å². The molecule has 2 N–H and O–H groups in total. The standard InChI is InChI=1S/C11H15NO2S/c1-14-8-4-3-7-5-10(15(2)13)11(12)9(7)6-8/h3-4,6,10-11H,5,12H2,1-2H3. The van der Waals surface area contributed by atoms with Crippen LogP contribution < -0.4 is 10.5 Å². The van der Waals surface area contributed by atoms with Gasteiger partial charge < -0.3 is 10.5 Å². The molecular formula is C11H15NO2S. The molecule has 0 radical (unpaired) electrons. The van der Waals surface area contributed by atoms with E-state index in [1.165, 1.54) is 5.56 Å². The monoisotopic (exact) mass is 225 g/mol. The lowest BCUT2D eigenvalue weighted by Gasteiger charge is -2.12. The van der Waals surface area contributed by atoms with Gasteiger partial charge in [0, 0.05) is 23.1 Å². The predicted octanol–water partition coefficient (Wildman–Crippen LogP) is 0.998. The van der Waals surface area contributed by atoms with Gasteiger partial charge >= 0.3 is 0 Å². The van der Waals surface area contributed by atoms with E-state index in [0.29, 0.717) is 0 Å². The van der Waals surface area contributed by atoms with Crippen LogP contribution >= 0.6 is 0 Å². The van der Waals surface area contributed by atoms with Crippen LogP contribution in [0, 0.1) is 0 Å². The molecule has 1 aromatic rings.